The summed E-state index contributed by atoms with van der Waals surface area (Å²) in [5.41, 5.74) is 0. The summed E-state index contributed by atoms with van der Waals surface area (Å²) in [5.74, 6) is 1.82. The maximum absolute atomic E-state index is 11.8. The summed E-state index contributed by atoms with van der Waals surface area (Å²) < 4.78 is 5.14. The van der Waals surface area contributed by atoms with Crippen LogP contribution in [0.1, 0.15) is 46.0 Å². The number of piperidine rings is 2. The maximum atomic E-state index is 11.8. The van der Waals surface area contributed by atoms with Crippen molar-refractivity contribution in [2.45, 2.75) is 46.0 Å². The lowest BCUT2D eigenvalue weighted by molar-refractivity contribution is -0.149. The van der Waals surface area contributed by atoms with Gasteiger partial charge in [0.2, 0.25) is 0 Å². The lowest BCUT2D eigenvalue weighted by Crippen LogP contribution is -2.47. The van der Waals surface area contributed by atoms with Gasteiger partial charge in [0.1, 0.15) is 0 Å². The normalized spacial score (nSPS) is 22.7. The van der Waals surface area contributed by atoms with E-state index >= 15 is 0 Å². The van der Waals surface area contributed by atoms with Gasteiger partial charge in [-0.3, -0.25) is 9.79 Å². The Labute approximate surface area is 176 Å². The number of guanidine groups is 1. The van der Waals surface area contributed by atoms with Gasteiger partial charge in [-0.05, 0) is 58.0 Å². The number of hydrogen-bond donors (Lipinski definition) is 1. The summed E-state index contributed by atoms with van der Waals surface area (Å²) in [6, 6.07) is 0. The van der Waals surface area contributed by atoms with Crippen LogP contribution < -0.4 is 5.32 Å². The van der Waals surface area contributed by atoms with Crippen molar-refractivity contribution in [1.82, 2.24) is 15.1 Å². The molecule has 0 radical (unpaired) electrons. The van der Waals surface area contributed by atoms with Crippen LogP contribution in [0.5, 0.6) is 0 Å². The van der Waals surface area contributed by atoms with Crippen LogP contribution in [0.3, 0.4) is 0 Å². The van der Waals surface area contributed by atoms with Gasteiger partial charge in [-0.2, -0.15) is 0 Å². The average molecular weight is 480 g/mol. The first-order valence-electron chi connectivity index (χ1n) is 9.98. The minimum absolute atomic E-state index is 0. The van der Waals surface area contributed by atoms with Crippen molar-refractivity contribution in [3.63, 3.8) is 0 Å². The minimum Gasteiger partial charge on any atom is -0.466 e. The Hall–Kier alpha value is -0.570. The molecule has 0 saturated carbocycles. The molecule has 1 unspecified atom stereocenters. The molecule has 0 amide bonds. The summed E-state index contributed by atoms with van der Waals surface area (Å²) in [7, 11) is 1.84. The number of rotatable bonds is 6. The Morgan fingerprint density at radius 3 is 2.58 bits per heavy atom. The monoisotopic (exact) mass is 480 g/mol. The molecule has 0 aliphatic carbocycles. The van der Waals surface area contributed by atoms with Gasteiger partial charge in [-0.15, -0.1) is 24.0 Å². The molecule has 2 fully saturated rings. The predicted molar refractivity (Wildman–Crippen MR) is 117 cm³/mol. The number of esters is 1. The molecule has 152 valence electrons. The molecule has 0 aromatic rings. The molecular formula is C19H37IN4O2. The SMILES string of the molecule is CCOC(=O)C1CCN(C(=NC)NCCCN2CCCC(C)C2)CC1.I. The van der Waals surface area contributed by atoms with Crippen molar-refractivity contribution in [1.29, 1.82) is 0 Å². The van der Waals surface area contributed by atoms with Crippen molar-refractivity contribution >= 4 is 35.9 Å². The first-order valence-corrected chi connectivity index (χ1v) is 9.98. The van der Waals surface area contributed by atoms with Crippen LogP contribution in [0.4, 0.5) is 0 Å². The van der Waals surface area contributed by atoms with Crippen molar-refractivity contribution in [3.8, 4) is 0 Å². The smallest absolute Gasteiger partial charge is 0.309 e. The molecule has 1 atom stereocenters. The van der Waals surface area contributed by atoms with E-state index < -0.39 is 0 Å². The largest absolute Gasteiger partial charge is 0.466 e. The number of nitrogens with one attached hydrogen (secondary N) is 1. The minimum atomic E-state index is -0.0409. The van der Waals surface area contributed by atoms with Gasteiger partial charge < -0.3 is 19.9 Å². The van der Waals surface area contributed by atoms with Crippen molar-refractivity contribution in [2.24, 2.45) is 16.8 Å². The van der Waals surface area contributed by atoms with Crippen LogP contribution in [0.25, 0.3) is 0 Å². The Morgan fingerprint density at radius 1 is 1.23 bits per heavy atom. The van der Waals surface area contributed by atoms with E-state index in [9.17, 15) is 4.79 Å². The van der Waals surface area contributed by atoms with Crippen LogP contribution in [0.2, 0.25) is 0 Å². The molecule has 0 aromatic carbocycles. The number of halogens is 1. The molecule has 0 spiro atoms. The third kappa shape index (κ3) is 7.58. The summed E-state index contributed by atoms with van der Waals surface area (Å²) in [6.07, 6.45) is 5.57. The van der Waals surface area contributed by atoms with Gasteiger partial charge in [0, 0.05) is 33.2 Å². The molecule has 6 nitrogen and oxygen atoms in total. The number of hydrogen-bond acceptors (Lipinski definition) is 4. The zero-order valence-corrected chi connectivity index (χ0v) is 19.0. The Morgan fingerprint density at radius 2 is 1.96 bits per heavy atom. The maximum Gasteiger partial charge on any atom is 0.309 e. The second-order valence-electron chi connectivity index (χ2n) is 7.39. The van der Waals surface area contributed by atoms with E-state index in [1.54, 1.807) is 0 Å². The van der Waals surface area contributed by atoms with E-state index in [0.29, 0.717) is 6.61 Å². The molecule has 0 aromatic heterocycles. The van der Waals surface area contributed by atoms with Gasteiger partial charge in [-0.25, -0.2) is 0 Å². The van der Waals surface area contributed by atoms with Crippen molar-refractivity contribution in [3.05, 3.63) is 0 Å². The third-order valence-corrected chi connectivity index (χ3v) is 5.30. The van der Waals surface area contributed by atoms with E-state index in [4.69, 9.17) is 4.74 Å². The van der Waals surface area contributed by atoms with Gasteiger partial charge in [-0.1, -0.05) is 6.92 Å². The van der Waals surface area contributed by atoms with Crippen LogP contribution in [-0.2, 0) is 9.53 Å². The number of nitrogens with zero attached hydrogens (tertiary/aromatic N) is 3. The van der Waals surface area contributed by atoms with E-state index in [-0.39, 0.29) is 35.9 Å². The number of likely N-dealkylation sites (tertiary alicyclic amines) is 2. The van der Waals surface area contributed by atoms with Crippen LogP contribution in [0.15, 0.2) is 4.99 Å². The predicted octanol–water partition coefficient (Wildman–Crippen LogP) is 2.58. The zero-order valence-electron chi connectivity index (χ0n) is 16.7. The molecule has 2 rings (SSSR count). The topological polar surface area (TPSA) is 57.2 Å². The number of carbonyl (C=O) groups is 1. The van der Waals surface area contributed by atoms with Gasteiger partial charge in [0.05, 0.1) is 12.5 Å². The molecule has 2 saturated heterocycles. The van der Waals surface area contributed by atoms with Gasteiger partial charge in [0.25, 0.3) is 0 Å². The first kappa shape index (κ1) is 23.5. The fourth-order valence-electron chi connectivity index (χ4n) is 3.91. The lowest BCUT2D eigenvalue weighted by Gasteiger charge is -2.33. The van der Waals surface area contributed by atoms with E-state index in [1.165, 1.54) is 32.5 Å². The summed E-state index contributed by atoms with van der Waals surface area (Å²) in [6.45, 7) is 11.0. The Bertz CT molecular complexity index is 439. The molecule has 2 heterocycles. The van der Waals surface area contributed by atoms with Crippen LogP contribution in [-0.4, -0.2) is 74.7 Å². The number of aliphatic imine (C=N–C) groups is 1. The van der Waals surface area contributed by atoms with E-state index in [0.717, 1.165) is 50.8 Å². The summed E-state index contributed by atoms with van der Waals surface area (Å²) in [4.78, 5) is 21.1. The quantitative estimate of drug-likeness (QED) is 0.208. The molecule has 0 bridgehead atoms. The van der Waals surface area contributed by atoms with Crippen LogP contribution >= 0.6 is 24.0 Å². The van der Waals surface area contributed by atoms with Gasteiger partial charge >= 0.3 is 5.97 Å². The second-order valence-corrected chi connectivity index (χ2v) is 7.39. The summed E-state index contributed by atoms with van der Waals surface area (Å²) >= 11 is 0. The standard InChI is InChI=1S/C19H36N4O2.HI/c1-4-25-18(24)17-8-13-23(14-9-17)19(20-3)21-10-6-12-22-11-5-7-16(2)15-22;/h16-17H,4-15H2,1-3H3,(H,20,21);1H. The summed E-state index contributed by atoms with van der Waals surface area (Å²) in [5, 5.41) is 3.49. The molecule has 2 aliphatic heterocycles. The fourth-order valence-corrected chi connectivity index (χ4v) is 3.91. The zero-order chi connectivity index (χ0) is 18.1. The van der Waals surface area contributed by atoms with Gasteiger partial charge in [0.15, 0.2) is 5.96 Å². The van der Waals surface area contributed by atoms with Crippen molar-refractivity contribution < 1.29 is 9.53 Å². The Kier molecular flexibility index (Phi) is 11.5. The molecular weight excluding hydrogens is 443 g/mol. The van der Waals surface area contributed by atoms with Crippen molar-refractivity contribution in [2.75, 3.05) is 52.9 Å². The highest BCUT2D eigenvalue weighted by atomic mass is 127. The molecule has 1 N–H and O–H groups in total. The average Bonchev–Trinajstić information content (AvgIpc) is 2.62. The number of carbonyl (C=O) groups excluding carboxylic acids is 1. The highest BCUT2D eigenvalue weighted by Gasteiger charge is 2.27. The van der Waals surface area contributed by atoms with E-state index in [1.807, 2.05) is 14.0 Å². The fraction of sp³-hybridized carbons (Fsp3) is 0.895. The second kappa shape index (κ2) is 12.8. The third-order valence-electron chi connectivity index (χ3n) is 5.30. The molecule has 26 heavy (non-hydrogen) atoms. The Balaban J connectivity index is 0.00000338. The highest BCUT2D eigenvalue weighted by Crippen LogP contribution is 2.19. The number of ether oxygens (including phenoxy) is 1. The lowest BCUT2D eigenvalue weighted by atomic mass is 9.97. The molecule has 7 heteroatoms. The first-order chi connectivity index (χ1) is 12.1. The molecule has 2 aliphatic rings. The highest BCUT2D eigenvalue weighted by molar-refractivity contribution is 14.0. The van der Waals surface area contributed by atoms with Crippen LogP contribution in [0, 0.1) is 11.8 Å². The van der Waals surface area contributed by atoms with E-state index in [2.05, 4.69) is 27.0 Å².